The molecule has 1 aromatic heterocycles. The van der Waals surface area contributed by atoms with E-state index in [-0.39, 0.29) is 24.5 Å². The van der Waals surface area contributed by atoms with Crippen LogP contribution in [0.4, 0.5) is 0 Å². The van der Waals surface area contributed by atoms with Gasteiger partial charge < -0.3 is 19.7 Å². The molecule has 2 aromatic rings. The van der Waals surface area contributed by atoms with Crippen LogP contribution < -0.4 is 14.8 Å². The number of hydrogen-bond donors (Lipinski definition) is 2. The van der Waals surface area contributed by atoms with Crippen LogP contribution in [-0.4, -0.2) is 46.3 Å². The number of aromatic amines is 1. The molecule has 2 aliphatic heterocycles. The molecule has 0 saturated carbocycles. The summed E-state index contributed by atoms with van der Waals surface area (Å²) in [7, 11) is 0. The van der Waals surface area contributed by atoms with Crippen LogP contribution in [0.2, 0.25) is 0 Å². The number of fused-ring (bicyclic) bond motifs is 2. The topological polar surface area (TPSA) is 96.6 Å². The second kappa shape index (κ2) is 7.18. The molecule has 0 bridgehead atoms. The molecule has 148 valence electrons. The maximum Gasteiger partial charge on any atom is 0.245 e. The SMILES string of the molecule is CC(=O)N[C@H](C(=O)N1CCc2[nH]nc(-c3ccc4c(c3)OCO4)c2C1)C(C)C. The first-order chi connectivity index (χ1) is 13.4. The van der Waals surface area contributed by atoms with Crippen LogP contribution in [0.25, 0.3) is 11.3 Å². The number of nitrogens with zero attached hydrogens (tertiary/aromatic N) is 2. The third-order valence-electron chi connectivity index (χ3n) is 5.18. The summed E-state index contributed by atoms with van der Waals surface area (Å²) in [5, 5.41) is 10.4. The van der Waals surface area contributed by atoms with Gasteiger partial charge in [-0.2, -0.15) is 5.10 Å². The molecule has 28 heavy (non-hydrogen) atoms. The highest BCUT2D eigenvalue weighted by molar-refractivity contribution is 5.87. The van der Waals surface area contributed by atoms with Crippen LogP contribution in [0.1, 0.15) is 32.0 Å². The van der Waals surface area contributed by atoms with Gasteiger partial charge in [0, 0.05) is 43.3 Å². The van der Waals surface area contributed by atoms with Gasteiger partial charge in [-0.25, -0.2) is 0 Å². The Morgan fingerprint density at radius 1 is 1.25 bits per heavy atom. The number of hydrogen-bond acceptors (Lipinski definition) is 5. The molecule has 1 aromatic carbocycles. The quantitative estimate of drug-likeness (QED) is 0.839. The van der Waals surface area contributed by atoms with Crippen molar-refractivity contribution in [2.24, 2.45) is 5.92 Å². The molecular weight excluding hydrogens is 360 g/mol. The number of aromatic nitrogens is 2. The maximum atomic E-state index is 13.1. The van der Waals surface area contributed by atoms with Gasteiger partial charge in [-0.3, -0.25) is 14.7 Å². The zero-order valence-corrected chi connectivity index (χ0v) is 16.2. The van der Waals surface area contributed by atoms with E-state index in [0.29, 0.717) is 25.3 Å². The number of carbonyl (C=O) groups excluding carboxylic acids is 2. The molecule has 8 heteroatoms. The molecule has 8 nitrogen and oxygen atoms in total. The zero-order valence-electron chi connectivity index (χ0n) is 16.2. The molecule has 4 rings (SSSR count). The predicted molar refractivity (Wildman–Crippen MR) is 102 cm³/mol. The van der Waals surface area contributed by atoms with E-state index in [9.17, 15) is 9.59 Å². The molecular formula is C20H24N4O4. The monoisotopic (exact) mass is 384 g/mol. The maximum absolute atomic E-state index is 13.1. The average Bonchev–Trinajstić information content (AvgIpc) is 3.30. The fourth-order valence-corrected chi connectivity index (χ4v) is 3.70. The van der Waals surface area contributed by atoms with E-state index < -0.39 is 6.04 Å². The number of nitrogens with one attached hydrogen (secondary N) is 2. The molecule has 3 heterocycles. The highest BCUT2D eigenvalue weighted by Gasteiger charge is 2.32. The van der Waals surface area contributed by atoms with Gasteiger partial charge in [0.1, 0.15) is 6.04 Å². The van der Waals surface area contributed by atoms with E-state index in [4.69, 9.17) is 9.47 Å². The Morgan fingerprint density at radius 2 is 2.04 bits per heavy atom. The summed E-state index contributed by atoms with van der Waals surface area (Å²) in [6.07, 6.45) is 0.698. The number of rotatable bonds is 4. The van der Waals surface area contributed by atoms with E-state index in [1.807, 2.05) is 32.0 Å². The number of benzene rings is 1. The van der Waals surface area contributed by atoms with E-state index in [2.05, 4.69) is 15.5 Å². The predicted octanol–water partition coefficient (Wildman–Crippen LogP) is 1.85. The van der Waals surface area contributed by atoms with Gasteiger partial charge in [-0.05, 0) is 24.1 Å². The van der Waals surface area contributed by atoms with Crippen molar-refractivity contribution in [2.75, 3.05) is 13.3 Å². The molecule has 2 aliphatic rings. The van der Waals surface area contributed by atoms with Crippen molar-refractivity contribution in [3.05, 3.63) is 29.5 Å². The van der Waals surface area contributed by atoms with E-state index in [1.165, 1.54) is 6.92 Å². The van der Waals surface area contributed by atoms with Crippen LogP contribution in [0.5, 0.6) is 11.5 Å². The van der Waals surface area contributed by atoms with Crippen molar-refractivity contribution < 1.29 is 19.1 Å². The Balaban J connectivity index is 1.59. The molecule has 1 atom stereocenters. The number of carbonyl (C=O) groups is 2. The summed E-state index contributed by atoms with van der Waals surface area (Å²) >= 11 is 0. The molecule has 2 amide bonds. The van der Waals surface area contributed by atoms with Crippen LogP contribution in [0.3, 0.4) is 0 Å². The first-order valence-electron chi connectivity index (χ1n) is 9.46. The van der Waals surface area contributed by atoms with Gasteiger partial charge in [0.05, 0.1) is 5.69 Å². The lowest BCUT2D eigenvalue weighted by Crippen LogP contribution is -2.51. The lowest BCUT2D eigenvalue weighted by molar-refractivity contribution is -0.138. The van der Waals surface area contributed by atoms with Crippen LogP contribution in [0.15, 0.2) is 18.2 Å². The first kappa shape index (κ1) is 18.3. The standard InChI is InChI=1S/C20H24N4O4/c1-11(2)18(21-12(3)25)20(26)24-7-6-15-14(9-24)19(23-22-15)13-4-5-16-17(8-13)28-10-27-16/h4-5,8,11,18H,6-7,9-10H2,1-3H3,(H,21,25)(H,22,23)/t18-/m0/s1. The fourth-order valence-electron chi connectivity index (χ4n) is 3.70. The van der Waals surface area contributed by atoms with Crippen molar-refractivity contribution in [2.45, 2.75) is 39.8 Å². The molecule has 0 spiro atoms. The van der Waals surface area contributed by atoms with Crippen LogP contribution in [0, 0.1) is 5.92 Å². The van der Waals surface area contributed by atoms with Gasteiger partial charge in [0.15, 0.2) is 11.5 Å². The van der Waals surface area contributed by atoms with Gasteiger partial charge in [-0.1, -0.05) is 13.8 Å². The third-order valence-corrected chi connectivity index (χ3v) is 5.18. The Bertz CT molecular complexity index is 921. The summed E-state index contributed by atoms with van der Waals surface area (Å²) in [5.74, 6) is 1.17. The highest BCUT2D eigenvalue weighted by atomic mass is 16.7. The van der Waals surface area contributed by atoms with E-state index in [1.54, 1.807) is 4.90 Å². The summed E-state index contributed by atoms with van der Waals surface area (Å²) in [5.41, 5.74) is 3.77. The second-order valence-corrected chi connectivity index (χ2v) is 7.53. The first-order valence-corrected chi connectivity index (χ1v) is 9.46. The van der Waals surface area contributed by atoms with Gasteiger partial charge in [0.2, 0.25) is 18.6 Å². The largest absolute Gasteiger partial charge is 0.454 e. The number of amides is 2. The third kappa shape index (κ3) is 3.30. The number of ether oxygens (including phenoxy) is 2. The van der Waals surface area contributed by atoms with Gasteiger partial charge in [0.25, 0.3) is 0 Å². The Morgan fingerprint density at radius 3 is 2.79 bits per heavy atom. The minimum absolute atomic E-state index is 0.00970. The summed E-state index contributed by atoms with van der Waals surface area (Å²) in [6, 6.07) is 5.20. The minimum Gasteiger partial charge on any atom is -0.454 e. The molecule has 0 radical (unpaired) electrons. The van der Waals surface area contributed by atoms with Crippen molar-refractivity contribution in [1.29, 1.82) is 0 Å². The van der Waals surface area contributed by atoms with Crippen molar-refractivity contribution in [3.8, 4) is 22.8 Å². The van der Waals surface area contributed by atoms with Crippen LogP contribution >= 0.6 is 0 Å². The van der Waals surface area contributed by atoms with E-state index >= 15 is 0 Å². The zero-order chi connectivity index (χ0) is 19.8. The van der Waals surface area contributed by atoms with Gasteiger partial charge in [-0.15, -0.1) is 0 Å². The van der Waals surface area contributed by atoms with Gasteiger partial charge >= 0.3 is 0 Å². The normalized spacial score (nSPS) is 16.1. The molecule has 0 unspecified atom stereocenters. The lowest BCUT2D eigenvalue weighted by Gasteiger charge is -2.32. The molecule has 0 aliphatic carbocycles. The Hall–Kier alpha value is -3.03. The lowest BCUT2D eigenvalue weighted by atomic mass is 9.98. The Kier molecular flexibility index (Phi) is 4.70. The Labute approximate surface area is 163 Å². The second-order valence-electron chi connectivity index (χ2n) is 7.53. The highest BCUT2D eigenvalue weighted by Crippen LogP contribution is 2.37. The fraction of sp³-hybridized carbons (Fsp3) is 0.450. The summed E-state index contributed by atoms with van der Waals surface area (Å²) < 4.78 is 10.8. The average molecular weight is 384 g/mol. The molecule has 2 N–H and O–H groups in total. The van der Waals surface area contributed by atoms with Crippen molar-refractivity contribution in [3.63, 3.8) is 0 Å². The number of H-pyrrole nitrogens is 1. The van der Waals surface area contributed by atoms with E-state index in [0.717, 1.165) is 28.3 Å². The van der Waals surface area contributed by atoms with Crippen molar-refractivity contribution in [1.82, 2.24) is 20.4 Å². The summed E-state index contributed by atoms with van der Waals surface area (Å²) in [4.78, 5) is 26.4. The smallest absolute Gasteiger partial charge is 0.245 e. The molecule has 0 fully saturated rings. The summed E-state index contributed by atoms with van der Waals surface area (Å²) in [6.45, 7) is 6.58. The minimum atomic E-state index is -0.528. The molecule has 0 saturated heterocycles. The van der Waals surface area contributed by atoms with Crippen LogP contribution in [-0.2, 0) is 22.6 Å². The van der Waals surface area contributed by atoms with Crippen molar-refractivity contribution >= 4 is 11.8 Å².